The molecule has 11 heteroatoms. The average molecular weight is 530 g/mol. The first kappa shape index (κ1) is 27.5. The molecule has 2 fully saturated rings. The molecular weight excluding hydrogens is 498 g/mol. The summed E-state index contributed by atoms with van der Waals surface area (Å²) >= 11 is 0. The number of Topliss-reactive ketones (excluding diaryl/α,β-unsaturated/α-hetero) is 1. The normalized spacial score (nSPS) is 27.5. The summed E-state index contributed by atoms with van der Waals surface area (Å²) in [4.78, 5) is 35.5. The van der Waals surface area contributed by atoms with Crippen LogP contribution in [0.15, 0.2) is 48.5 Å². The number of ether oxygens (including phenoxy) is 6. The number of ketones is 1. The second kappa shape index (κ2) is 11.9. The number of carboxylic acid groups (broad SMARTS) is 1. The lowest BCUT2D eigenvalue weighted by molar-refractivity contribution is -0.340. The quantitative estimate of drug-likeness (QED) is 0.466. The van der Waals surface area contributed by atoms with E-state index in [1.165, 1.54) is 20.8 Å². The van der Waals surface area contributed by atoms with Gasteiger partial charge in [-0.25, -0.2) is 4.79 Å². The number of hydrogen-bond donors (Lipinski definition) is 2. The number of carbonyl (C=O) groups is 3. The Hall–Kier alpha value is -3.51. The lowest BCUT2D eigenvalue weighted by atomic mass is 9.95. The van der Waals surface area contributed by atoms with Crippen LogP contribution in [0.2, 0.25) is 0 Å². The molecule has 2 heterocycles. The number of benzene rings is 2. The topological polar surface area (TPSA) is 139 Å². The summed E-state index contributed by atoms with van der Waals surface area (Å²) in [6.45, 7) is 4.28. The highest BCUT2D eigenvalue weighted by Gasteiger charge is 2.53. The number of carbonyl (C=O) groups excluding carboxylic acids is 2. The van der Waals surface area contributed by atoms with Gasteiger partial charge in [-0.3, -0.25) is 9.59 Å². The molecule has 2 aromatic rings. The van der Waals surface area contributed by atoms with Crippen LogP contribution in [-0.2, 0) is 28.5 Å². The van der Waals surface area contributed by atoms with Gasteiger partial charge in [0.25, 0.3) is 0 Å². The summed E-state index contributed by atoms with van der Waals surface area (Å²) in [6.07, 6.45) is -5.52. The minimum Gasteiger partial charge on any atom is -0.497 e. The molecule has 2 aliphatic rings. The number of hydrogen-bond acceptors (Lipinski definition) is 9. The Bertz CT molecular complexity index is 1140. The summed E-state index contributed by atoms with van der Waals surface area (Å²) < 4.78 is 35.6. The van der Waals surface area contributed by atoms with Gasteiger partial charge in [0.15, 0.2) is 18.2 Å². The van der Waals surface area contributed by atoms with E-state index in [4.69, 9.17) is 28.4 Å². The fraction of sp³-hybridized carbons (Fsp3) is 0.444. The maximum Gasteiger partial charge on any atom is 0.332 e. The summed E-state index contributed by atoms with van der Waals surface area (Å²) in [6, 6.07) is 12.7. The molecule has 204 valence electrons. The smallest absolute Gasteiger partial charge is 0.332 e. The Kier molecular flexibility index (Phi) is 8.62. The van der Waals surface area contributed by atoms with Crippen LogP contribution in [-0.4, -0.2) is 73.2 Å². The van der Waals surface area contributed by atoms with Crippen molar-refractivity contribution in [1.82, 2.24) is 5.32 Å². The number of aliphatic carboxylic acids is 1. The van der Waals surface area contributed by atoms with E-state index in [0.29, 0.717) is 22.6 Å². The van der Waals surface area contributed by atoms with Gasteiger partial charge >= 0.3 is 5.97 Å². The fourth-order valence-corrected chi connectivity index (χ4v) is 4.35. The van der Waals surface area contributed by atoms with Crippen molar-refractivity contribution < 1.29 is 47.9 Å². The molecule has 2 aliphatic heterocycles. The second-order valence-electron chi connectivity index (χ2n) is 9.09. The lowest BCUT2D eigenvalue weighted by Crippen LogP contribution is -2.68. The molecular formula is C27H31NO10. The zero-order valence-corrected chi connectivity index (χ0v) is 21.5. The van der Waals surface area contributed by atoms with Gasteiger partial charge in [0.1, 0.15) is 35.9 Å². The highest BCUT2D eigenvalue weighted by atomic mass is 16.8. The first-order valence-corrected chi connectivity index (χ1v) is 12.2. The van der Waals surface area contributed by atoms with E-state index in [0.717, 1.165) is 0 Å². The number of fused-ring (bicyclic) bond motifs is 1. The highest BCUT2D eigenvalue weighted by molar-refractivity contribution is 5.94. The van der Waals surface area contributed by atoms with Crippen LogP contribution < -0.4 is 14.8 Å². The largest absolute Gasteiger partial charge is 0.497 e. The first-order valence-electron chi connectivity index (χ1n) is 12.2. The Morgan fingerprint density at radius 3 is 2.24 bits per heavy atom. The van der Waals surface area contributed by atoms with Gasteiger partial charge in [-0.1, -0.05) is 12.1 Å². The second-order valence-corrected chi connectivity index (χ2v) is 9.09. The van der Waals surface area contributed by atoms with E-state index < -0.39 is 54.9 Å². The van der Waals surface area contributed by atoms with Crippen molar-refractivity contribution in [2.75, 3.05) is 13.7 Å². The standard InChI is InChI=1S/C27H31NO10/c1-14(29)17-5-11-20(12-6-17)36-27-22(28-16(3)30)24(35-15(2)25(31)32)23-21(37-27)13-34-26(38-23)18-7-9-19(33-4)10-8-18/h5-12,15,21-24,26-27H,13H2,1-4H3,(H,28,30)(H,31,32). The third kappa shape index (κ3) is 6.30. The molecule has 0 spiro atoms. The van der Waals surface area contributed by atoms with Crippen LogP contribution in [0.1, 0.15) is 43.0 Å². The van der Waals surface area contributed by atoms with Gasteiger partial charge in [0.05, 0.1) is 13.7 Å². The fourth-order valence-electron chi connectivity index (χ4n) is 4.35. The number of carboxylic acids is 1. The van der Waals surface area contributed by atoms with Crippen molar-refractivity contribution >= 4 is 17.7 Å². The Balaban J connectivity index is 1.62. The maximum absolute atomic E-state index is 12.2. The molecule has 2 saturated heterocycles. The van der Waals surface area contributed by atoms with Gasteiger partial charge in [0.2, 0.25) is 12.2 Å². The van der Waals surface area contributed by atoms with Crippen LogP contribution in [0, 0.1) is 0 Å². The van der Waals surface area contributed by atoms with Gasteiger partial charge < -0.3 is 38.8 Å². The van der Waals surface area contributed by atoms with E-state index in [9.17, 15) is 19.5 Å². The van der Waals surface area contributed by atoms with E-state index in [2.05, 4.69) is 5.32 Å². The van der Waals surface area contributed by atoms with Crippen LogP contribution in [0.4, 0.5) is 0 Å². The average Bonchev–Trinajstić information content (AvgIpc) is 2.90. The van der Waals surface area contributed by atoms with E-state index >= 15 is 0 Å². The molecule has 11 nitrogen and oxygen atoms in total. The number of rotatable bonds is 9. The predicted molar refractivity (Wildman–Crippen MR) is 132 cm³/mol. The summed E-state index contributed by atoms with van der Waals surface area (Å²) in [5, 5.41) is 12.3. The van der Waals surface area contributed by atoms with E-state index in [1.54, 1.807) is 55.6 Å². The molecule has 0 radical (unpaired) electrons. The minimum atomic E-state index is -1.21. The lowest BCUT2D eigenvalue weighted by Gasteiger charge is -2.49. The highest BCUT2D eigenvalue weighted by Crippen LogP contribution is 2.37. The van der Waals surface area contributed by atoms with Crippen LogP contribution in [0.25, 0.3) is 0 Å². The molecule has 0 aromatic heterocycles. The summed E-state index contributed by atoms with van der Waals surface area (Å²) in [5.74, 6) is -0.614. The Morgan fingerprint density at radius 1 is 1.00 bits per heavy atom. The van der Waals surface area contributed by atoms with E-state index in [-0.39, 0.29) is 12.4 Å². The van der Waals surface area contributed by atoms with Crippen molar-refractivity contribution in [1.29, 1.82) is 0 Å². The van der Waals surface area contributed by atoms with Crippen molar-refractivity contribution in [3.05, 3.63) is 59.7 Å². The van der Waals surface area contributed by atoms with Crippen molar-refractivity contribution in [3.8, 4) is 11.5 Å². The van der Waals surface area contributed by atoms with Crippen molar-refractivity contribution in [2.45, 2.75) is 63.8 Å². The summed E-state index contributed by atoms with van der Waals surface area (Å²) in [7, 11) is 1.57. The molecule has 7 atom stereocenters. The minimum absolute atomic E-state index is 0.0940. The van der Waals surface area contributed by atoms with Crippen LogP contribution in [0.3, 0.4) is 0 Å². The molecule has 2 aromatic carbocycles. The Morgan fingerprint density at radius 2 is 1.66 bits per heavy atom. The molecule has 38 heavy (non-hydrogen) atoms. The molecule has 1 amide bonds. The first-order chi connectivity index (χ1) is 18.2. The third-order valence-electron chi connectivity index (χ3n) is 6.32. The number of nitrogens with one attached hydrogen (secondary N) is 1. The van der Waals surface area contributed by atoms with Crippen LogP contribution in [0.5, 0.6) is 11.5 Å². The molecule has 4 rings (SSSR count). The molecule has 0 saturated carbocycles. The number of methoxy groups -OCH3 is 1. The van der Waals surface area contributed by atoms with Crippen LogP contribution >= 0.6 is 0 Å². The predicted octanol–water partition coefficient (Wildman–Crippen LogP) is 2.48. The van der Waals surface area contributed by atoms with Gasteiger partial charge in [0, 0.05) is 18.1 Å². The van der Waals surface area contributed by atoms with Crippen molar-refractivity contribution in [3.63, 3.8) is 0 Å². The monoisotopic (exact) mass is 529 g/mol. The molecule has 0 bridgehead atoms. The Labute approximate surface area is 219 Å². The number of amides is 1. The summed E-state index contributed by atoms with van der Waals surface area (Å²) in [5.41, 5.74) is 1.23. The zero-order valence-electron chi connectivity index (χ0n) is 21.5. The van der Waals surface area contributed by atoms with Gasteiger partial charge in [-0.15, -0.1) is 0 Å². The van der Waals surface area contributed by atoms with E-state index in [1.807, 2.05) is 0 Å². The van der Waals surface area contributed by atoms with Gasteiger partial charge in [-0.05, 0) is 50.2 Å². The third-order valence-corrected chi connectivity index (χ3v) is 6.32. The SMILES string of the molecule is COc1ccc(C2OCC3OC(Oc4ccc(C(C)=O)cc4)C(NC(C)=O)C(OC(C)C(=O)O)C3O2)cc1. The molecule has 0 aliphatic carbocycles. The van der Waals surface area contributed by atoms with Crippen molar-refractivity contribution in [2.24, 2.45) is 0 Å². The molecule has 7 unspecified atom stereocenters. The van der Waals surface area contributed by atoms with Gasteiger partial charge in [-0.2, -0.15) is 0 Å². The molecule has 2 N–H and O–H groups in total. The maximum atomic E-state index is 12.2. The zero-order chi connectivity index (χ0) is 27.4.